The van der Waals surface area contributed by atoms with Gasteiger partial charge in [0.05, 0.1) is 0 Å². The van der Waals surface area contributed by atoms with Gasteiger partial charge in [0.1, 0.15) is 5.82 Å². The fourth-order valence-corrected chi connectivity index (χ4v) is 5.04. The molecule has 2 aliphatic rings. The van der Waals surface area contributed by atoms with E-state index in [0.29, 0.717) is 36.8 Å². The molecule has 6 heteroatoms. The molecular weight excluding hydrogens is 417 g/mol. The second-order valence-corrected chi connectivity index (χ2v) is 9.24. The van der Waals surface area contributed by atoms with E-state index in [1.807, 2.05) is 6.07 Å². The van der Waals surface area contributed by atoms with E-state index >= 15 is 0 Å². The number of likely N-dealkylation sites (tertiary alicyclic amines) is 1. The summed E-state index contributed by atoms with van der Waals surface area (Å²) in [7, 11) is 0. The highest BCUT2D eigenvalue weighted by molar-refractivity contribution is 6.02. The molecular formula is C27H34FN3O2. The molecule has 4 rings (SSSR count). The van der Waals surface area contributed by atoms with Crippen molar-refractivity contribution in [2.24, 2.45) is 0 Å². The van der Waals surface area contributed by atoms with Crippen LogP contribution in [0.4, 0.5) is 4.39 Å². The van der Waals surface area contributed by atoms with E-state index in [4.69, 9.17) is 0 Å². The third-order valence-corrected chi connectivity index (χ3v) is 6.82. The Balaban J connectivity index is 1.28. The molecule has 0 saturated carbocycles. The lowest BCUT2D eigenvalue weighted by molar-refractivity contribution is 0.0766. The Kier molecular flexibility index (Phi) is 7.76. The molecule has 1 saturated heterocycles. The molecule has 0 aromatic heterocycles. The minimum absolute atomic E-state index is 0.0870. The minimum atomic E-state index is -0.290. The summed E-state index contributed by atoms with van der Waals surface area (Å²) in [4.78, 5) is 29.9. The van der Waals surface area contributed by atoms with E-state index < -0.39 is 0 Å². The van der Waals surface area contributed by atoms with Crippen LogP contribution in [-0.4, -0.2) is 47.3 Å². The Morgan fingerprint density at radius 2 is 1.97 bits per heavy atom. The number of fused-ring (bicyclic) bond motifs is 1. The van der Waals surface area contributed by atoms with Gasteiger partial charge in [0.2, 0.25) is 0 Å². The first-order valence-corrected chi connectivity index (χ1v) is 12.2. The number of hydrogen-bond acceptors (Lipinski definition) is 3. The zero-order chi connectivity index (χ0) is 23.2. The summed E-state index contributed by atoms with van der Waals surface area (Å²) in [6, 6.07) is 12.3. The molecule has 2 amide bonds. The SMILES string of the molecule is CCCC1CCCCN1CCCNC(=O)c1ccc2c(c1)C(=O)N(Cc1ccc(F)cc1)C2. The molecule has 2 aromatic rings. The standard InChI is InChI=1S/C27H34FN3O2/c1-2-6-24-7-3-4-15-30(24)16-5-14-29-26(32)21-10-11-22-19-31(27(33)25(22)17-21)18-20-8-12-23(28)13-9-20/h8-13,17,24H,2-7,14-16,18-19H2,1H3,(H,29,32). The maximum atomic E-state index is 13.1. The van der Waals surface area contributed by atoms with Gasteiger partial charge in [-0.05, 0) is 67.6 Å². The monoisotopic (exact) mass is 451 g/mol. The summed E-state index contributed by atoms with van der Waals surface area (Å²) >= 11 is 0. The number of amides is 2. The van der Waals surface area contributed by atoms with Crippen LogP contribution in [0.2, 0.25) is 0 Å². The first-order chi connectivity index (χ1) is 16.0. The summed E-state index contributed by atoms with van der Waals surface area (Å²) < 4.78 is 13.1. The Morgan fingerprint density at radius 3 is 2.76 bits per heavy atom. The Labute approximate surface area is 196 Å². The first kappa shape index (κ1) is 23.4. The molecule has 176 valence electrons. The average molecular weight is 452 g/mol. The number of piperidine rings is 1. The zero-order valence-corrected chi connectivity index (χ0v) is 19.5. The van der Waals surface area contributed by atoms with Crippen LogP contribution in [0.1, 0.15) is 77.3 Å². The number of hydrogen-bond donors (Lipinski definition) is 1. The summed E-state index contributed by atoms with van der Waals surface area (Å²) in [5.74, 6) is -0.510. The predicted molar refractivity (Wildman–Crippen MR) is 127 cm³/mol. The van der Waals surface area contributed by atoms with Crippen molar-refractivity contribution in [1.82, 2.24) is 15.1 Å². The van der Waals surface area contributed by atoms with Crippen molar-refractivity contribution in [3.63, 3.8) is 0 Å². The molecule has 0 spiro atoms. The number of nitrogens with zero attached hydrogens (tertiary/aromatic N) is 2. The van der Waals surface area contributed by atoms with E-state index in [1.54, 1.807) is 29.2 Å². The molecule has 5 nitrogen and oxygen atoms in total. The van der Waals surface area contributed by atoms with Crippen LogP contribution in [-0.2, 0) is 13.1 Å². The van der Waals surface area contributed by atoms with Gasteiger partial charge in [0, 0.05) is 43.3 Å². The Morgan fingerprint density at radius 1 is 1.15 bits per heavy atom. The smallest absolute Gasteiger partial charge is 0.254 e. The van der Waals surface area contributed by atoms with Crippen LogP contribution in [0.3, 0.4) is 0 Å². The van der Waals surface area contributed by atoms with Gasteiger partial charge in [-0.3, -0.25) is 9.59 Å². The van der Waals surface area contributed by atoms with Crippen molar-refractivity contribution in [2.45, 2.75) is 64.6 Å². The number of carbonyl (C=O) groups excluding carboxylic acids is 2. The lowest BCUT2D eigenvalue weighted by atomic mass is 9.98. The van der Waals surface area contributed by atoms with Gasteiger partial charge in [0.15, 0.2) is 0 Å². The lowest BCUT2D eigenvalue weighted by Gasteiger charge is -2.35. The highest BCUT2D eigenvalue weighted by atomic mass is 19.1. The number of halogens is 1. The molecule has 1 N–H and O–H groups in total. The van der Waals surface area contributed by atoms with Crippen molar-refractivity contribution in [3.8, 4) is 0 Å². The van der Waals surface area contributed by atoms with Crippen LogP contribution >= 0.6 is 0 Å². The Bertz CT molecular complexity index is 974. The Hall–Kier alpha value is -2.73. The summed E-state index contributed by atoms with van der Waals surface area (Å²) in [5, 5.41) is 3.02. The van der Waals surface area contributed by atoms with E-state index in [1.165, 1.54) is 50.8 Å². The fourth-order valence-electron chi connectivity index (χ4n) is 5.04. The highest BCUT2D eigenvalue weighted by Crippen LogP contribution is 2.26. The van der Waals surface area contributed by atoms with Crippen LogP contribution in [0, 0.1) is 5.82 Å². The predicted octanol–water partition coefficient (Wildman–Crippen LogP) is 4.76. The third-order valence-electron chi connectivity index (χ3n) is 6.82. The minimum Gasteiger partial charge on any atom is -0.352 e. The van der Waals surface area contributed by atoms with Gasteiger partial charge >= 0.3 is 0 Å². The summed E-state index contributed by atoms with van der Waals surface area (Å²) in [5.41, 5.74) is 2.91. The number of benzene rings is 2. The normalized spacial score (nSPS) is 18.4. The highest BCUT2D eigenvalue weighted by Gasteiger charge is 2.28. The van der Waals surface area contributed by atoms with Gasteiger partial charge in [-0.2, -0.15) is 0 Å². The van der Waals surface area contributed by atoms with Crippen molar-refractivity contribution in [1.29, 1.82) is 0 Å². The summed E-state index contributed by atoms with van der Waals surface area (Å²) in [6.45, 7) is 5.99. The summed E-state index contributed by atoms with van der Waals surface area (Å²) in [6.07, 6.45) is 7.30. The first-order valence-electron chi connectivity index (χ1n) is 12.2. The maximum Gasteiger partial charge on any atom is 0.254 e. The van der Waals surface area contributed by atoms with E-state index in [-0.39, 0.29) is 17.6 Å². The van der Waals surface area contributed by atoms with Crippen LogP contribution in [0.15, 0.2) is 42.5 Å². The molecule has 2 heterocycles. The van der Waals surface area contributed by atoms with Crippen molar-refractivity contribution >= 4 is 11.8 Å². The number of nitrogens with one attached hydrogen (secondary N) is 1. The molecule has 1 unspecified atom stereocenters. The largest absolute Gasteiger partial charge is 0.352 e. The zero-order valence-electron chi connectivity index (χ0n) is 19.5. The number of rotatable bonds is 9. The van der Waals surface area contributed by atoms with Gasteiger partial charge in [-0.15, -0.1) is 0 Å². The van der Waals surface area contributed by atoms with Crippen molar-refractivity contribution in [2.75, 3.05) is 19.6 Å². The molecule has 1 atom stereocenters. The molecule has 1 fully saturated rings. The van der Waals surface area contributed by atoms with Crippen LogP contribution < -0.4 is 5.32 Å². The second-order valence-electron chi connectivity index (χ2n) is 9.24. The molecule has 2 aliphatic heterocycles. The maximum absolute atomic E-state index is 13.1. The molecule has 2 aromatic carbocycles. The van der Waals surface area contributed by atoms with Gasteiger partial charge in [0.25, 0.3) is 11.8 Å². The van der Waals surface area contributed by atoms with Gasteiger partial charge in [-0.25, -0.2) is 4.39 Å². The van der Waals surface area contributed by atoms with E-state index in [9.17, 15) is 14.0 Å². The molecule has 33 heavy (non-hydrogen) atoms. The van der Waals surface area contributed by atoms with Crippen LogP contribution in [0.5, 0.6) is 0 Å². The van der Waals surface area contributed by atoms with Crippen molar-refractivity contribution < 1.29 is 14.0 Å². The van der Waals surface area contributed by atoms with E-state index in [2.05, 4.69) is 17.1 Å². The average Bonchev–Trinajstić information content (AvgIpc) is 3.13. The van der Waals surface area contributed by atoms with Crippen LogP contribution in [0.25, 0.3) is 0 Å². The lowest BCUT2D eigenvalue weighted by Crippen LogP contribution is -2.41. The fraction of sp³-hybridized carbons (Fsp3) is 0.481. The van der Waals surface area contributed by atoms with Crippen molar-refractivity contribution in [3.05, 3.63) is 70.5 Å². The van der Waals surface area contributed by atoms with Gasteiger partial charge < -0.3 is 15.1 Å². The molecule has 0 aliphatic carbocycles. The van der Waals surface area contributed by atoms with Gasteiger partial charge in [-0.1, -0.05) is 38.0 Å². The second kappa shape index (κ2) is 10.9. The third kappa shape index (κ3) is 5.80. The topological polar surface area (TPSA) is 52.7 Å². The molecule has 0 bridgehead atoms. The number of carbonyl (C=O) groups is 2. The van der Waals surface area contributed by atoms with E-state index in [0.717, 1.165) is 24.1 Å². The molecule has 0 radical (unpaired) electrons. The quantitative estimate of drug-likeness (QED) is 0.560.